The van der Waals surface area contributed by atoms with E-state index in [9.17, 15) is 4.79 Å². The maximum Gasteiger partial charge on any atom is 0.252 e. The summed E-state index contributed by atoms with van der Waals surface area (Å²) in [5.41, 5.74) is 6.01. The topological polar surface area (TPSA) is 84.2 Å². The van der Waals surface area contributed by atoms with Crippen molar-refractivity contribution in [2.75, 3.05) is 19.0 Å². The first-order valence-electron chi connectivity index (χ1n) is 10.2. The second kappa shape index (κ2) is 8.92. The molecular weight excluding hydrogens is 422 g/mol. The van der Waals surface area contributed by atoms with Crippen LogP contribution in [0.2, 0.25) is 0 Å². The second-order valence-corrected chi connectivity index (χ2v) is 8.99. The molecule has 0 atom stereocenters. The van der Waals surface area contributed by atoms with E-state index in [1.807, 2.05) is 75.5 Å². The molecule has 0 aliphatic heterocycles. The Hall–Kier alpha value is -3.52. The average Bonchev–Trinajstić information content (AvgIpc) is 3.37. The molecule has 0 aliphatic rings. The van der Waals surface area contributed by atoms with Crippen molar-refractivity contribution < 1.29 is 9.32 Å². The van der Waals surface area contributed by atoms with E-state index >= 15 is 0 Å². The first-order valence-corrected chi connectivity index (χ1v) is 11.1. The van der Waals surface area contributed by atoms with Gasteiger partial charge in [0.2, 0.25) is 5.95 Å². The predicted molar refractivity (Wildman–Crippen MR) is 127 cm³/mol. The van der Waals surface area contributed by atoms with E-state index < -0.39 is 0 Å². The number of nitrogens with one attached hydrogen (secondary N) is 1. The maximum absolute atomic E-state index is 12.3. The van der Waals surface area contributed by atoms with Gasteiger partial charge in [-0.2, -0.15) is 0 Å². The van der Waals surface area contributed by atoms with Gasteiger partial charge < -0.3 is 14.7 Å². The van der Waals surface area contributed by atoms with Gasteiger partial charge in [-0.3, -0.25) is 4.79 Å². The number of thiophene rings is 1. The summed E-state index contributed by atoms with van der Waals surface area (Å²) in [5.74, 6) is 1.22. The molecule has 1 aromatic carbocycles. The fourth-order valence-corrected chi connectivity index (χ4v) is 3.95. The summed E-state index contributed by atoms with van der Waals surface area (Å²) in [6.45, 7) is 6.34. The lowest BCUT2D eigenvalue weighted by Gasteiger charge is -2.14. The smallest absolute Gasteiger partial charge is 0.252 e. The number of benzene rings is 1. The lowest BCUT2D eigenvalue weighted by atomic mass is 10.0. The zero-order valence-corrected chi connectivity index (χ0v) is 19.6. The van der Waals surface area contributed by atoms with Gasteiger partial charge in [-0.05, 0) is 32.4 Å². The highest BCUT2D eigenvalue weighted by Crippen LogP contribution is 2.34. The van der Waals surface area contributed by atoms with E-state index in [0.29, 0.717) is 23.8 Å². The van der Waals surface area contributed by atoms with Crippen LogP contribution in [0, 0.1) is 20.8 Å². The fourth-order valence-electron chi connectivity index (χ4n) is 3.27. The monoisotopic (exact) mass is 447 g/mol. The molecule has 164 valence electrons. The highest BCUT2D eigenvalue weighted by Gasteiger charge is 2.19. The van der Waals surface area contributed by atoms with Gasteiger partial charge in [-0.25, -0.2) is 9.97 Å². The fraction of sp³-hybridized carbons (Fsp3) is 0.250. The molecule has 1 N–H and O–H groups in total. The molecule has 0 aliphatic carbocycles. The van der Waals surface area contributed by atoms with Crippen LogP contribution < -0.4 is 10.2 Å². The summed E-state index contributed by atoms with van der Waals surface area (Å²) < 4.78 is 5.59. The number of rotatable bonds is 6. The van der Waals surface area contributed by atoms with Crippen molar-refractivity contribution in [3.05, 3.63) is 69.2 Å². The Bertz CT molecular complexity index is 1260. The minimum atomic E-state index is -0.0664. The molecule has 0 bridgehead atoms. The molecule has 0 unspecified atom stereocenters. The first kappa shape index (κ1) is 21.7. The number of aromatic nitrogens is 3. The Kier molecular flexibility index (Phi) is 6.05. The number of hydrogen-bond acceptors (Lipinski definition) is 7. The molecule has 0 radical (unpaired) electrons. The van der Waals surface area contributed by atoms with Gasteiger partial charge in [-0.15, -0.1) is 11.3 Å². The van der Waals surface area contributed by atoms with Crippen LogP contribution in [0.3, 0.4) is 0 Å². The molecule has 0 spiro atoms. The van der Waals surface area contributed by atoms with E-state index in [2.05, 4.69) is 15.5 Å². The Morgan fingerprint density at radius 1 is 1.16 bits per heavy atom. The number of carbonyl (C=O) groups is 1. The minimum absolute atomic E-state index is 0.0664. The standard InChI is InChI=1S/C24H25N5O2S/c1-14-10-19(13-32-14)23(30)25-11-17-6-8-18(9-7-17)21-20(12-26-24(27-21)29(4)5)22-15(2)16(3)28-31-22/h6-10,12-13H,11H2,1-5H3,(H,25,30). The van der Waals surface area contributed by atoms with Crippen molar-refractivity contribution in [3.8, 4) is 22.6 Å². The Morgan fingerprint density at radius 3 is 2.50 bits per heavy atom. The number of aryl methyl sites for hydroxylation is 2. The third-order valence-electron chi connectivity index (χ3n) is 5.25. The van der Waals surface area contributed by atoms with Crippen LogP contribution in [0.15, 0.2) is 46.4 Å². The van der Waals surface area contributed by atoms with Crippen LogP contribution in [0.5, 0.6) is 0 Å². The van der Waals surface area contributed by atoms with Gasteiger partial charge in [-0.1, -0.05) is 29.4 Å². The van der Waals surface area contributed by atoms with Crippen molar-refractivity contribution >= 4 is 23.2 Å². The summed E-state index contributed by atoms with van der Waals surface area (Å²) in [6, 6.07) is 9.89. The van der Waals surface area contributed by atoms with Crippen molar-refractivity contribution in [1.29, 1.82) is 0 Å². The number of carbonyl (C=O) groups excluding carboxylic acids is 1. The first-order chi connectivity index (χ1) is 15.3. The lowest BCUT2D eigenvalue weighted by Crippen LogP contribution is -2.22. The maximum atomic E-state index is 12.3. The molecule has 4 aromatic rings. The van der Waals surface area contributed by atoms with Crippen LogP contribution in [-0.2, 0) is 6.54 Å². The Morgan fingerprint density at radius 2 is 1.91 bits per heavy atom. The lowest BCUT2D eigenvalue weighted by molar-refractivity contribution is 0.0951. The van der Waals surface area contributed by atoms with E-state index in [4.69, 9.17) is 9.51 Å². The van der Waals surface area contributed by atoms with Crippen LogP contribution >= 0.6 is 11.3 Å². The zero-order valence-electron chi connectivity index (χ0n) is 18.8. The number of anilines is 1. The Balaban J connectivity index is 1.60. The van der Waals surface area contributed by atoms with E-state index in [0.717, 1.165) is 38.5 Å². The summed E-state index contributed by atoms with van der Waals surface area (Å²) in [5, 5.41) is 8.93. The average molecular weight is 448 g/mol. The highest BCUT2D eigenvalue weighted by molar-refractivity contribution is 7.10. The molecule has 0 saturated heterocycles. The molecule has 32 heavy (non-hydrogen) atoms. The van der Waals surface area contributed by atoms with Crippen LogP contribution in [0.4, 0.5) is 5.95 Å². The van der Waals surface area contributed by atoms with Crippen molar-refractivity contribution in [1.82, 2.24) is 20.4 Å². The largest absolute Gasteiger partial charge is 0.356 e. The molecule has 3 aromatic heterocycles. The van der Waals surface area contributed by atoms with Crippen molar-refractivity contribution in [3.63, 3.8) is 0 Å². The SMILES string of the molecule is Cc1cc(C(=O)NCc2ccc(-c3nc(N(C)C)ncc3-c3onc(C)c3C)cc2)cs1. The molecule has 7 nitrogen and oxygen atoms in total. The molecule has 3 heterocycles. The van der Waals surface area contributed by atoms with Crippen LogP contribution in [0.1, 0.15) is 32.1 Å². The molecule has 0 saturated carbocycles. The van der Waals surface area contributed by atoms with Crippen LogP contribution in [-0.4, -0.2) is 35.1 Å². The van der Waals surface area contributed by atoms with E-state index in [-0.39, 0.29) is 5.91 Å². The summed E-state index contributed by atoms with van der Waals surface area (Å²) in [7, 11) is 3.81. The third kappa shape index (κ3) is 4.40. The number of hydrogen-bond donors (Lipinski definition) is 1. The van der Waals surface area contributed by atoms with Gasteiger partial charge in [0.25, 0.3) is 5.91 Å². The van der Waals surface area contributed by atoms with E-state index in [1.165, 1.54) is 0 Å². The molecular formula is C24H25N5O2S. The normalized spacial score (nSPS) is 10.9. The minimum Gasteiger partial charge on any atom is -0.356 e. The van der Waals surface area contributed by atoms with Gasteiger partial charge in [0.05, 0.1) is 22.5 Å². The zero-order chi connectivity index (χ0) is 22.8. The molecule has 4 rings (SSSR count). The Labute approximate surface area is 191 Å². The van der Waals surface area contributed by atoms with E-state index in [1.54, 1.807) is 17.5 Å². The third-order valence-corrected chi connectivity index (χ3v) is 6.11. The number of nitrogens with zero attached hydrogens (tertiary/aromatic N) is 4. The molecule has 1 amide bonds. The summed E-state index contributed by atoms with van der Waals surface area (Å²) >= 11 is 1.57. The highest BCUT2D eigenvalue weighted by atomic mass is 32.1. The van der Waals surface area contributed by atoms with Crippen molar-refractivity contribution in [2.45, 2.75) is 27.3 Å². The van der Waals surface area contributed by atoms with Crippen molar-refractivity contribution in [2.24, 2.45) is 0 Å². The van der Waals surface area contributed by atoms with Gasteiger partial charge in [0, 0.05) is 48.2 Å². The van der Waals surface area contributed by atoms with Gasteiger partial charge in [0.15, 0.2) is 5.76 Å². The molecule has 0 fully saturated rings. The van der Waals surface area contributed by atoms with Gasteiger partial charge in [0.1, 0.15) is 0 Å². The number of amides is 1. The van der Waals surface area contributed by atoms with Gasteiger partial charge >= 0.3 is 0 Å². The summed E-state index contributed by atoms with van der Waals surface area (Å²) in [4.78, 5) is 24.5. The predicted octanol–water partition coefficient (Wildman–Crippen LogP) is 4.78. The molecule has 8 heteroatoms. The van der Waals surface area contributed by atoms with Crippen LogP contribution in [0.25, 0.3) is 22.6 Å². The quantitative estimate of drug-likeness (QED) is 0.458. The summed E-state index contributed by atoms with van der Waals surface area (Å²) in [6.07, 6.45) is 1.78. The second-order valence-electron chi connectivity index (χ2n) is 7.87.